The van der Waals surface area contributed by atoms with Crippen molar-refractivity contribution in [2.75, 3.05) is 31.6 Å². The smallest absolute Gasteiger partial charge is 0.422 e. The molecule has 5 rings (SSSR count). The van der Waals surface area contributed by atoms with Gasteiger partial charge in [0.15, 0.2) is 0 Å². The number of hydrogen-bond donors (Lipinski definition) is 2. The lowest BCUT2D eigenvalue weighted by Crippen LogP contribution is -2.47. The standard InChI is InChI=1S/C23H24FN5O4S/c1-3-29(23(30)31)34(32,33)28-10-7-14(8-11-28)21-18-13-27(2)19-5-4-15(24)12-17(19)16-6-9-25-22(26-21)20(16)18/h4-7,9,12H,3,8,10-11,13H2,1-2H3,(H,25,26)(H,30,31). The van der Waals surface area contributed by atoms with Crippen molar-refractivity contribution in [3.63, 3.8) is 0 Å². The Labute approximate surface area is 196 Å². The summed E-state index contributed by atoms with van der Waals surface area (Å²) in [5, 5.41) is 10.2. The summed E-state index contributed by atoms with van der Waals surface area (Å²) in [5.41, 5.74) is 6.11. The maximum absolute atomic E-state index is 14.1. The molecule has 0 aliphatic carbocycles. The van der Waals surface area contributed by atoms with Gasteiger partial charge in [0.05, 0.1) is 0 Å². The fourth-order valence-electron chi connectivity index (χ4n) is 4.84. The molecule has 3 aromatic rings. The zero-order valence-corrected chi connectivity index (χ0v) is 19.6. The van der Waals surface area contributed by atoms with Gasteiger partial charge in [0.25, 0.3) is 0 Å². The predicted molar refractivity (Wildman–Crippen MR) is 127 cm³/mol. The van der Waals surface area contributed by atoms with Crippen LogP contribution >= 0.6 is 0 Å². The second-order valence-electron chi connectivity index (χ2n) is 8.37. The van der Waals surface area contributed by atoms with Crippen molar-refractivity contribution >= 4 is 38.6 Å². The van der Waals surface area contributed by atoms with Crippen molar-refractivity contribution in [2.24, 2.45) is 0 Å². The number of carbonyl (C=O) groups is 1. The van der Waals surface area contributed by atoms with Gasteiger partial charge in [-0.05, 0) is 48.7 Å². The minimum Gasteiger partial charge on any atom is -0.464 e. The summed E-state index contributed by atoms with van der Waals surface area (Å²) in [5.74, 6) is -0.310. The Morgan fingerprint density at radius 2 is 2.09 bits per heavy atom. The fraction of sp³-hybridized carbons (Fsp3) is 0.304. The Morgan fingerprint density at radius 3 is 2.76 bits per heavy atom. The number of hydrogen-bond acceptors (Lipinski definition) is 5. The summed E-state index contributed by atoms with van der Waals surface area (Å²) in [6, 6.07) is 6.64. The van der Waals surface area contributed by atoms with Crippen LogP contribution < -0.4 is 4.90 Å². The van der Waals surface area contributed by atoms with Crippen LogP contribution in [0.4, 0.5) is 14.9 Å². The van der Waals surface area contributed by atoms with Crippen LogP contribution in [0.15, 0.2) is 36.5 Å². The van der Waals surface area contributed by atoms with Crippen molar-refractivity contribution < 1.29 is 22.7 Å². The van der Waals surface area contributed by atoms with Gasteiger partial charge >= 0.3 is 16.3 Å². The van der Waals surface area contributed by atoms with Crippen molar-refractivity contribution in [1.29, 1.82) is 0 Å². The van der Waals surface area contributed by atoms with E-state index in [1.807, 2.05) is 19.2 Å². The van der Waals surface area contributed by atoms with Gasteiger partial charge in [0.1, 0.15) is 11.5 Å². The number of H-pyrrole nitrogens is 1. The number of amides is 1. The second-order valence-corrected chi connectivity index (χ2v) is 10.2. The van der Waals surface area contributed by atoms with Gasteiger partial charge in [0, 0.05) is 67.3 Å². The summed E-state index contributed by atoms with van der Waals surface area (Å²) in [4.78, 5) is 21.3. The van der Waals surface area contributed by atoms with E-state index in [4.69, 9.17) is 0 Å². The molecule has 0 saturated heterocycles. The molecule has 2 aliphatic heterocycles. The molecule has 0 bridgehead atoms. The Morgan fingerprint density at radius 1 is 1.29 bits per heavy atom. The number of pyridine rings is 1. The van der Waals surface area contributed by atoms with Gasteiger partial charge < -0.3 is 15.0 Å². The first-order valence-electron chi connectivity index (χ1n) is 10.9. The maximum Gasteiger partial charge on any atom is 0.422 e. The van der Waals surface area contributed by atoms with Crippen LogP contribution in [0.3, 0.4) is 0 Å². The van der Waals surface area contributed by atoms with Gasteiger partial charge in [-0.3, -0.25) is 0 Å². The second kappa shape index (κ2) is 8.10. The van der Waals surface area contributed by atoms with Crippen LogP contribution in [0.5, 0.6) is 0 Å². The lowest BCUT2D eigenvalue weighted by atomic mass is 9.98. The first-order valence-corrected chi connectivity index (χ1v) is 12.3. The van der Waals surface area contributed by atoms with E-state index in [1.165, 1.54) is 23.4 Å². The Kier molecular flexibility index (Phi) is 5.33. The van der Waals surface area contributed by atoms with E-state index < -0.39 is 16.3 Å². The third-order valence-corrected chi connectivity index (χ3v) is 8.41. The van der Waals surface area contributed by atoms with E-state index in [0.717, 1.165) is 39.0 Å². The van der Waals surface area contributed by atoms with E-state index in [-0.39, 0.29) is 25.5 Å². The molecule has 1 aromatic carbocycles. The third kappa shape index (κ3) is 3.43. The summed E-state index contributed by atoms with van der Waals surface area (Å²) in [6.45, 7) is 2.12. The lowest BCUT2D eigenvalue weighted by Gasteiger charge is -2.30. The van der Waals surface area contributed by atoms with Crippen molar-refractivity contribution in [1.82, 2.24) is 18.6 Å². The molecule has 0 unspecified atom stereocenters. The molecule has 178 valence electrons. The highest BCUT2D eigenvalue weighted by molar-refractivity contribution is 7.87. The number of carboxylic acid groups (broad SMARTS) is 1. The number of aromatic amines is 1. The van der Waals surface area contributed by atoms with Crippen LogP contribution in [0.25, 0.3) is 27.7 Å². The molecular weight excluding hydrogens is 461 g/mol. The minimum atomic E-state index is -4.11. The zero-order chi connectivity index (χ0) is 24.2. The molecule has 0 spiro atoms. The summed E-state index contributed by atoms with van der Waals surface area (Å²) >= 11 is 0. The number of anilines is 1. The van der Waals surface area contributed by atoms with E-state index >= 15 is 0 Å². The van der Waals surface area contributed by atoms with Crippen LogP contribution in [-0.4, -0.2) is 64.9 Å². The van der Waals surface area contributed by atoms with E-state index in [0.29, 0.717) is 22.9 Å². The average molecular weight is 486 g/mol. The summed E-state index contributed by atoms with van der Waals surface area (Å²) in [6.07, 6.45) is 2.43. The van der Waals surface area contributed by atoms with Gasteiger partial charge in [-0.15, -0.1) is 0 Å². The zero-order valence-electron chi connectivity index (χ0n) is 18.7. The average Bonchev–Trinajstić information content (AvgIpc) is 3.11. The molecule has 4 heterocycles. The molecule has 0 radical (unpaired) electrons. The minimum absolute atomic E-state index is 0.0673. The molecule has 0 saturated carbocycles. The van der Waals surface area contributed by atoms with Gasteiger partial charge in [-0.25, -0.2) is 14.2 Å². The van der Waals surface area contributed by atoms with Gasteiger partial charge in [-0.1, -0.05) is 6.08 Å². The normalized spacial score (nSPS) is 16.2. The van der Waals surface area contributed by atoms with E-state index in [2.05, 4.69) is 14.9 Å². The van der Waals surface area contributed by atoms with Crippen LogP contribution in [-0.2, 0) is 16.8 Å². The molecule has 34 heavy (non-hydrogen) atoms. The highest BCUT2D eigenvalue weighted by atomic mass is 32.2. The highest BCUT2D eigenvalue weighted by Gasteiger charge is 2.34. The molecular formula is C23H24FN5O4S. The van der Waals surface area contributed by atoms with Crippen LogP contribution in [0.1, 0.15) is 24.6 Å². The van der Waals surface area contributed by atoms with Crippen molar-refractivity contribution in [3.8, 4) is 11.1 Å². The van der Waals surface area contributed by atoms with Crippen LogP contribution in [0, 0.1) is 5.82 Å². The SMILES string of the molecule is CCN(C(=O)O)S(=O)(=O)N1CC=C(c2[nH]c3nccc4c3c2CN(C)c2ccc(F)cc2-4)CC1. The lowest BCUT2D eigenvalue weighted by molar-refractivity contribution is 0.171. The molecule has 2 aliphatic rings. The topological polar surface area (TPSA) is 110 Å². The van der Waals surface area contributed by atoms with Crippen molar-refractivity contribution in [3.05, 3.63) is 53.6 Å². The molecule has 2 N–H and O–H groups in total. The fourth-order valence-corrected chi connectivity index (χ4v) is 6.23. The largest absolute Gasteiger partial charge is 0.464 e. The van der Waals surface area contributed by atoms with Crippen LogP contribution in [0.2, 0.25) is 0 Å². The van der Waals surface area contributed by atoms with E-state index in [9.17, 15) is 22.7 Å². The Hall–Kier alpha value is -3.44. The number of nitrogens with one attached hydrogen (secondary N) is 1. The Balaban J connectivity index is 1.56. The number of aromatic nitrogens is 2. The predicted octanol–water partition coefficient (Wildman–Crippen LogP) is 3.65. The third-order valence-electron chi connectivity index (χ3n) is 6.45. The monoisotopic (exact) mass is 485 g/mol. The molecule has 2 aromatic heterocycles. The maximum atomic E-state index is 14.1. The number of fused-ring (bicyclic) bond motifs is 2. The molecule has 0 atom stereocenters. The molecule has 1 amide bonds. The first kappa shape index (κ1) is 22.4. The molecule has 11 heteroatoms. The van der Waals surface area contributed by atoms with E-state index in [1.54, 1.807) is 12.3 Å². The molecule has 0 fully saturated rings. The number of nitrogens with zero attached hydrogens (tertiary/aromatic N) is 4. The van der Waals surface area contributed by atoms with Crippen molar-refractivity contribution in [2.45, 2.75) is 19.9 Å². The highest BCUT2D eigenvalue weighted by Crippen LogP contribution is 2.43. The summed E-state index contributed by atoms with van der Waals surface area (Å²) < 4.78 is 41.2. The first-order chi connectivity index (χ1) is 16.2. The molecule has 9 nitrogen and oxygen atoms in total. The van der Waals surface area contributed by atoms with Gasteiger partial charge in [-0.2, -0.15) is 17.0 Å². The quantitative estimate of drug-likeness (QED) is 0.584. The number of rotatable bonds is 4. The van der Waals surface area contributed by atoms with Gasteiger partial charge in [0.2, 0.25) is 0 Å². The summed E-state index contributed by atoms with van der Waals surface area (Å²) in [7, 11) is -2.16. The Bertz CT molecular complexity index is 1450. The number of halogens is 1. The number of benzene rings is 1.